The average molecular weight is 208 g/mol. The van der Waals surface area contributed by atoms with E-state index in [1.807, 2.05) is 17.5 Å². The van der Waals surface area contributed by atoms with Crippen molar-refractivity contribution in [2.75, 3.05) is 0 Å². The van der Waals surface area contributed by atoms with Gasteiger partial charge in [-0.1, -0.05) is 6.07 Å². The van der Waals surface area contributed by atoms with E-state index in [0.29, 0.717) is 12.0 Å². The summed E-state index contributed by atoms with van der Waals surface area (Å²) in [6.45, 7) is 0. The van der Waals surface area contributed by atoms with E-state index in [9.17, 15) is 9.59 Å². The minimum atomic E-state index is -0.468. The quantitative estimate of drug-likeness (QED) is 0.763. The fraction of sp³-hybridized carbons (Fsp3) is 0.111. The van der Waals surface area contributed by atoms with Gasteiger partial charge in [-0.3, -0.25) is 9.78 Å². The zero-order valence-corrected chi connectivity index (χ0v) is 8.06. The van der Waals surface area contributed by atoms with Gasteiger partial charge in [-0.05, 0) is 11.4 Å². The van der Waals surface area contributed by atoms with Gasteiger partial charge in [0.05, 0.1) is 0 Å². The van der Waals surface area contributed by atoms with Crippen molar-refractivity contribution in [1.29, 1.82) is 0 Å². The van der Waals surface area contributed by atoms with Crippen LogP contribution in [0, 0.1) is 0 Å². The average Bonchev–Trinajstić information content (AvgIpc) is 2.62. The minimum absolute atomic E-state index is 0.317. The van der Waals surface area contributed by atoms with E-state index in [2.05, 4.69) is 9.97 Å². The Morgan fingerprint density at radius 3 is 2.86 bits per heavy atom. The Morgan fingerprint density at radius 1 is 1.36 bits per heavy atom. The van der Waals surface area contributed by atoms with E-state index in [0.717, 1.165) is 4.88 Å². The Balaban J connectivity index is 2.35. The van der Waals surface area contributed by atoms with Gasteiger partial charge < -0.3 is 4.98 Å². The lowest BCUT2D eigenvalue weighted by atomic mass is 10.2. The number of hydrogen-bond acceptors (Lipinski definition) is 3. The van der Waals surface area contributed by atoms with Crippen LogP contribution in [0.3, 0.4) is 0 Å². The van der Waals surface area contributed by atoms with Crippen LogP contribution in [-0.2, 0) is 6.42 Å². The molecule has 0 aliphatic rings. The molecule has 14 heavy (non-hydrogen) atoms. The molecule has 0 aromatic carbocycles. The van der Waals surface area contributed by atoms with Crippen LogP contribution in [-0.4, -0.2) is 9.97 Å². The van der Waals surface area contributed by atoms with E-state index in [-0.39, 0.29) is 5.56 Å². The zero-order chi connectivity index (χ0) is 9.97. The second kappa shape index (κ2) is 3.63. The van der Waals surface area contributed by atoms with Gasteiger partial charge in [0, 0.05) is 23.1 Å². The Bertz CT molecular complexity index is 524. The molecule has 0 saturated heterocycles. The third-order valence-corrected chi connectivity index (χ3v) is 2.72. The van der Waals surface area contributed by atoms with E-state index >= 15 is 0 Å². The van der Waals surface area contributed by atoms with Gasteiger partial charge in [0.2, 0.25) is 0 Å². The first-order valence-electron chi connectivity index (χ1n) is 4.09. The van der Waals surface area contributed by atoms with Gasteiger partial charge in [0.25, 0.3) is 5.56 Å². The molecule has 0 aliphatic carbocycles. The van der Waals surface area contributed by atoms with Crippen LogP contribution in [0.2, 0.25) is 0 Å². The molecule has 5 heteroatoms. The third kappa shape index (κ3) is 1.82. The van der Waals surface area contributed by atoms with Gasteiger partial charge in [-0.25, -0.2) is 4.79 Å². The molecule has 4 nitrogen and oxygen atoms in total. The number of H-pyrrole nitrogens is 2. The molecule has 2 aromatic heterocycles. The lowest BCUT2D eigenvalue weighted by molar-refractivity contribution is 0.981. The highest BCUT2D eigenvalue weighted by Crippen LogP contribution is 2.11. The van der Waals surface area contributed by atoms with Gasteiger partial charge in [0.1, 0.15) is 0 Å². The van der Waals surface area contributed by atoms with Crippen LogP contribution in [0.25, 0.3) is 0 Å². The molecule has 2 N–H and O–H groups in total. The van der Waals surface area contributed by atoms with Crippen molar-refractivity contribution in [1.82, 2.24) is 9.97 Å². The Kier molecular flexibility index (Phi) is 2.32. The summed E-state index contributed by atoms with van der Waals surface area (Å²) < 4.78 is 0. The second-order valence-electron chi connectivity index (χ2n) is 2.85. The van der Waals surface area contributed by atoms with Crippen LogP contribution in [0.1, 0.15) is 10.4 Å². The predicted molar refractivity (Wildman–Crippen MR) is 54.8 cm³/mol. The monoisotopic (exact) mass is 208 g/mol. The van der Waals surface area contributed by atoms with Crippen molar-refractivity contribution in [2.24, 2.45) is 0 Å². The van der Waals surface area contributed by atoms with Crippen molar-refractivity contribution in [3.63, 3.8) is 0 Å². The molecule has 0 radical (unpaired) electrons. The number of aromatic amines is 2. The number of rotatable bonds is 2. The maximum atomic E-state index is 11.3. The van der Waals surface area contributed by atoms with Gasteiger partial charge >= 0.3 is 5.69 Å². The lowest BCUT2D eigenvalue weighted by Crippen LogP contribution is -2.24. The Hall–Kier alpha value is -1.62. The summed E-state index contributed by atoms with van der Waals surface area (Å²) in [5.41, 5.74) is -0.209. The highest BCUT2D eigenvalue weighted by atomic mass is 32.1. The summed E-state index contributed by atoms with van der Waals surface area (Å²) in [4.78, 5) is 27.8. The number of thiophene rings is 1. The van der Waals surface area contributed by atoms with Crippen LogP contribution in [0.5, 0.6) is 0 Å². The molecule has 0 amide bonds. The highest BCUT2D eigenvalue weighted by molar-refractivity contribution is 7.09. The molecule has 0 saturated carbocycles. The first kappa shape index (κ1) is 8.96. The van der Waals surface area contributed by atoms with Crippen molar-refractivity contribution in [3.8, 4) is 0 Å². The SMILES string of the molecule is O=c1[nH]cc(Cc2cccs2)c(=O)[nH]1. The summed E-state index contributed by atoms with van der Waals surface area (Å²) in [7, 11) is 0. The van der Waals surface area contributed by atoms with Crippen molar-refractivity contribution in [2.45, 2.75) is 6.42 Å². The number of nitrogens with one attached hydrogen (secondary N) is 2. The molecule has 2 heterocycles. The molecular formula is C9H8N2O2S. The standard InChI is InChI=1S/C9H8N2O2S/c12-8-6(5-10-9(13)11-8)4-7-2-1-3-14-7/h1-3,5H,4H2,(H2,10,11,12,13). The largest absolute Gasteiger partial charge is 0.325 e. The normalized spacial score (nSPS) is 10.3. The summed E-state index contributed by atoms with van der Waals surface area (Å²) in [6.07, 6.45) is 2.02. The Labute approximate surface area is 83.3 Å². The predicted octanol–water partition coefficient (Wildman–Crippen LogP) is 0.716. The molecule has 0 spiro atoms. The van der Waals surface area contributed by atoms with E-state index < -0.39 is 5.69 Å². The molecule has 0 unspecified atom stereocenters. The molecule has 0 fully saturated rings. The lowest BCUT2D eigenvalue weighted by Gasteiger charge is -1.95. The number of hydrogen-bond donors (Lipinski definition) is 2. The van der Waals surface area contributed by atoms with Crippen LogP contribution in [0.15, 0.2) is 33.3 Å². The second-order valence-corrected chi connectivity index (χ2v) is 3.89. The maximum Gasteiger partial charge on any atom is 0.325 e. The fourth-order valence-corrected chi connectivity index (χ4v) is 1.90. The summed E-state index contributed by atoms with van der Waals surface area (Å²) in [5, 5.41) is 1.95. The Morgan fingerprint density at radius 2 is 2.21 bits per heavy atom. The molecular weight excluding hydrogens is 200 g/mol. The number of aromatic nitrogens is 2. The van der Waals surface area contributed by atoms with E-state index in [1.54, 1.807) is 11.3 Å². The molecule has 0 bridgehead atoms. The van der Waals surface area contributed by atoms with Crippen LogP contribution in [0.4, 0.5) is 0 Å². The van der Waals surface area contributed by atoms with E-state index in [4.69, 9.17) is 0 Å². The maximum absolute atomic E-state index is 11.3. The minimum Gasteiger partial charge on any atom is -0.314 e. The van der Waals surface area contributed by atoms with Crippen LogP contribution >= 0.6 is 11.3 Å². The topological polar surface area (TPSA) is 65.7 Å². The van der Waals surface area contributed by atoms with Crippen molar-refractivity contribution >= 4 is 11.3 Å². The van der Waals surface area contributed by atoms with Gasteiger partial charge in [-0.15, -0.1) is 11.3 Å². The summed E-state index contributed by atoms with van der Waals surface area (Å²) in [6, 6.07) is 3.88. The molecule has 72 valence electrons. The van der Waals surface area contributed by atoms with Crippen LogP contribution < -0.4 is 11.2 Å². The van der Waals surface area contributed by atoms with Gasteiger partial charge in [0.15, 0.2) is 0 Å². The van der Waals surface area contributed by atoms with Crippen molar-refractivity contribution < 1.29 is 0 Å². The van der Waals surface area contributed by atoms with Gasteiger partial charge in [-0.2, -0.15) is 0 Å². The molecule has 2 rings (SSSR count). The fourth-order valence-electron chi connectivity index (χ4n) is 1.17. The molecule has 0 aliphatic heterocycles. The smallest absolute Gasteiger partial charge is 0.314 e. The van der Waals surface area contributed by atoms with Crippen molar-refractivity contribution in [3.05, 3.63) is 55.0 Å². The highest BCUT2D eigenvalue weighted by Gasteiger charge is 2.01. The first-order valence-corrected chi connectivity index (χ1v) is 4.97. The zero-order valence-electron chi connectivity index (χ0n) is 7.24. The molecule has 2 aromatic rings. The summed E-state index contributed by atoms with van der Waals surface area (Å²) >= 11 is 1.59. The first-order chi connectivity index (χ1) is 6.75. The third-order valence-electron chi connectivity index (χ3n) is 1.84. The summed E-state index contributed by atoms with van der Waals surface area (Å²) in [5.74, 6) is 0. The molecule has 0 atom stereocenters. The van der Waals surface area contributed by atoms with E-state index in [1.165, 1.54) is 6.20 Å².